The molecule has 3 fully saturated rings. The van der Waals surface area contributed by atoms with Gasteiger partial charge in [0, 0.05) is 18.6 Å². The van der Waals surface area contributed by atoms with E-state index in [-0.39, 0.29) is 0 Å². The summed E-state index contributed by atoms with van der Waals surface area (Å²) < 4.78 is 0. The molecule has 1 N–H and O–H groups in total. The number of piperidine rings is 1. The maximum atomic E-state index is 4.10. The van der Waals surface area contributed by atoms with Crippen molar-refractivity contribution in [2.24, 2.45) is 16.7 Å². The van der Waals surface area contributed by atoms with E-state index in [0.717, 1.165) is 18.0 Å². The van der Waals surface area contributed by atoms with Crippen LogP contribution in [0.25, 0.3) is 0 Å². The predicted octanol–water partition coefficient (Wildman–Crippen LogP) is 3.28. The average molecular weight is 264 g/mol. The molecule has 2 heteroatoms. The maximum Gasteiger partial charge on any atom is 0.0198 e. The highest BCUT2D eigenvalue weighted by molar-refractivity contribution is 5.12. The van der Waals surface area contributed by atoms with E-state index in [4.69, 9.17) is 0 Å². The van der Waals surface area contributed by atoms with Crippen LogP contribution in [0.5, 0.6) is 0 Å². The molecular formula is C17H32N2. The summed E-state index contributed by atoms with van der Waals surface area (Å²) in [5.74, 6) is 0.959. The highest BCUT2D eigenvalue weighted by Gasteiger charge is 2.59. The molecule has 110 valence electrons. The Hall–Kier alpha value is -0.0800. The first-order valence-corrected chi connectivity index (χ1v) is 8.44. The SMILES string of the molecule is CCN1CCCC(NC2C3(C)CCC(C3)C2(C)C)C1. The molecule has 0 aromatic carbocycles. The summed E-state index contributed by atoms with van der Waals surface area (Å²) in [6.45, 7) is 13.7. The molecule has 1 saturated heterocycles. The number of fused-ring (bicyclic) bond motifs is 2. The number of nitrogens with one attached hydrogen (secondary N) is 1. The number of nitrogens with zero attached hydrogens (tertiary/aromatic N) is 1. The fourth-order valence-corrected chi connectivity index (χ4v) is 5.43. The van der Waals surface area contributed by atoms with Crippen LogP contribution in [0.1, 0.15) is 59.8 Å². The van der Waals surface area contributed by atoms with Gasteiger partial charge in [-0.05, 0) is 61.9 Å². The van der Waals surface area contributed by atoms with Gasteiger partial charge in [0.15, 0.2) is 0 Å². The minimum Gasteiger partial charge on any atom is -0.309 e. The summed E-state index contributed by atoms with van der Waals surface area (Å²) in [7, 11) is 0. The van der Waals surface area contributed by atoms with E-state index in [1.807, 2.05) is 0 Å². The summed E-state index contributed by atoms with van der Waals surface area (Å²) in [4.78, 5) is 2.61. The first-order valence-electron chi connectivity index (χ1n) is 8.44. The molecule has 1 aliphatic heterocycles. The van der Waals surface area contributed by atoms with Gasteiger partial charge in [0.25, 0.3) is 0 Å². The third kappa shape index (κ3) is 2.25. The number of hydrogen-bond acceptors (Lipinski definition) is 2. The quantitative estimate of drug-likeness (QED) is 0.841. The molecule has 0 radical (unpaired) electrons. The fraction of sp³-hybridized carbons (Fsp3) is 1.00. The normalized spacial score (nSPS) is 45.8. The Kier molecular flexibility index (Phi) is 3.46. The smallest absolute Gasteiger partial charge is 0.0198 e. The number of likely N-dealkylation sites (N-methyl/N-ethyl adjacent to an activating group) is 1. The van der Waals surface area contributed by atoms with Gasteiger partial charge in [-0.3, -0.25) is 0 Å². The van der Waals surface area contributed by atoms with E-state index in [9.17, 15) is 0 Å². The highest BCUT2D eigenvalue weighted by atomic mass is 15.2. The molecule has 4 atom stereocenters. The highest BCUT2D eigenvalue weighted by Crippen LogP contribution is 2.62. The third-order valence-corrected chi connectivity index (χ3v) is 6.62. The zero-order valence-electron chi connectivity index (χ0n) is 13.3. The summed E-state index contributed by atoms with van der Waals surface area (Å²) in [5, 5.41) is 4.10. The van der Waals surface area contributed by atoms with E-state index in [0.29, 0.717) is 10.8 Å². The van der Waals surface area contributed by atoms with Crippen LogP contribution in [0, 0.1) is 16.7 Å². The Morgan fingerprint density at radius 1 is 1.21 bits per heavy atom. The molecule has 0 aromatic heterocycles. The second-order valence-electron chi connectivity index (χ2n) is 8.25. The van der Waals surface area contributed by atoms with Crippen molar-refractivity contribution in [3.63, 3.8) is 0 Å². The second kappa shape index (κ2) is 4.73. The molecular weight excluding hydrogens is 232 g/mol. The van der Waals surface area contributed by atoms with Crippen LogP contribution < -0.4 is 5.32 Å². The Labute approximate surface area is 119 Å². The van der Waals surface area contributed by atoms with Crippen LogP contribution in [0.4, 0.5) is 0 Å². The van der Waals surface area contributed by atoms with E-state index >= 15 is 0 Å². The largest absolute Gasteiger partial charge is 0.309 e. The lowest BCUT2D eigenvalue weighted by molar-refractivity contribution is 0.0809. The van der Waals surface area contributed by atoms with Crippen molar-refractivity contribution in [2.45, 2.75) is 71.9 Å². The fourth-order valence-electron chi connectivity index (χ4n) is 5.43. The van der Waals surface area contributed by atoms with Crippen LogP contribution in [0.2, 0.25) is 0 Å². The second-order valence-corrected chi connectivity index (χ2v) is 8.25. The molecule has 2 aliphatic carbocycles. The van der Waals surface area contributed by atoms with Crippen molar-refractivity contribution >= 4 is 0 Å². The molecule has 2 nitrogen and oxygen atoms in total. The molecule has 3 aliphatic rings. The zero-order valence-corrected chi connectivity index (χ0v) is 13.3. The van der Waals surface area contributed by atoms with Gasteiger partial charge in [-0.15, -0.1) is 0 Å². The summed E-state index contributed by atoms with van der Waals surface area (Å²) >= 11 is 0. The monoisotopic (exact) mass is 264 g/mol. The van der Waals surface area contributed by atoms with E-state index in [1.165, 1.54) is 51.7 Å². The van der Waals surface area contributed by atoms with Gasteiger partial charge in [0.2, 0.25) is 0 Å². The molecule has 1 heterocycles. The molecule has 4 unspecified atom stereocenters. The molecule has 0 spiro atoms. The lowest BCUT2D eigenvalue weighted by Crippen LogP contribution is -2.57. The average Bonchev–Trinajstić information content (AvgIpc) is 2.86. The predicted molar refractivity (Wildman–Crippen MR) is 81.3 cm³/mol. The first kappa shape index (κ1) is 13.9. The Bertz CT molecular complexity index is 333. The van der Waals surface area contributed by atoms with Crippen molar-refractivity contribution in [2.75, 3.05) is 19.6 Å². The molecule has 3 rings (SSSR count). The van der Waals surface area contributed by atoms with Gasteiger partial charge < -0.3 is 10.2 Å². The standard InChI is InChI=1S/C17H32N2/c1-5-19-10-6-7-14(12-19)18-15-16(2,3)13-8-9-17(15,4)11-13/h13-15,18H,5-12H2,1-4H3. The van der Waals surface area contributed by atoms with Crippen LogP contribution in [0.3, 0.4) is 0 Å². The summed E-state index contributed by atoms with van der Waals surface area (Å²) in [6.07, 6.45) is 7.13. The third-order valence-electron chi connectivity index (χ3n) is 6.62. The Morgan fingerprint density at radius 2 is 2.00 bits per heavy atom. The van der Waals surface area contributed by atoms with E-state index < -0.39 is 0 Å². The molecule has 2 saturated carbocycles. The van der Waals surface area contributed by atoms with Crippen LogP contribution in [-0.4, -0.2) is 36.6 Å². The topological polar surface area (TPSA) is 15.3 Å². The lowest BCUT2D eigenvalue weighted by Gasteiger charge is -2.46. The van der Waals surface area contributed by atoms with Crippen molar-refractivity contribution in [1.29, 1.82) is 0 Å². The first-order chi connectivity index (χ1) is 8.95. The molecule has 19 heavy (non-hydrogen) atoms. The van der Waals surface area contributed by atoms with Gasteiger partial charge in [-0.2, -0.15) is 0 Å². The van der Waals surface area contributed by atoms with Crippen molar-refractivity contribution < 1.29 is 0 Å². The van der Waals surface area contributed by atoms with Crippen LogP contribution in [0.15, 0.2) is 0 Å². The lowest BCUT2D eigenvalue weighted by atomic mass is 9.68. The maximum absolute atomic E-state index is 4.10. The van der Waals surface area contributed by atoms with Crippen LogP contribution in [-0.2, 0) is 0 Å². The van der Waals surface area contributed by atoms with Crippen molar-refractivity contribution in [3.8, 4) is 0 Å². The molecule has 0 amide bonds. The van der Waals surface area contributed by atoms with E-state index in [2.05, 4.69) is 37.9 Å². The molecule has 2 bridgehead atoms. The van der Waals surface area contributed by atoms with E-state index in [1.54, 1.807) is 0 Å². The number of likely N-dealkylation sites (tertiary alicyclic amines) is 1. The summed E-state index contributed by atoms with van der Waals surface area (Å²) in [5.41, 5.74) is 1.07. The van der Waals surface area contributed by atoms with Gasteiger partial charge >= 0.3 is 0 Å². The zero-order chi connectivity index (χ0) is 13.7. The van der Waals surface area contributed by atoms with Crippen LogP contribution >= 0.6 is 0 Å². The van der Waals surface area contributed by atoms with Crippen molar-refractivity contribution in [1.82, 2.24) is 10.2 Å². The molecule has 0 aromatic rings. The Balaban J connectivity index is 1.69. The van der Waals surface area contributed by atoms with Crippen molar-refractivity contribution in [3.05, 3.63) is 0 Å². The Morgan fingerprint density at radius 3 is 2.63 bits per heavy atom. The van der Waals surface area contributed by atoms with Gasteiger partial charge in [-0.25, -0.2) is 0 Å². The van der Waals surface area contributed by atoms with Gasteiger partial charge in [0.05, 0.1) is 0 Å². The minimum absolute atomic E-state index is 0.501. The van der Waals surface area contributed by atoms with Gasteiger partial charge in [0.1, 0.15) is 0 Å². The number of hydrogen-bond donors (Lipinski definition) is 1. The number of rotatable bonds is 3. The minimum atomic E-state index is 0.501. The summed E-state index contributed by atoms with van der Waals surface area (Å²) in [6, 6.07) is 1.47. The van der Waals surface area contributed by atoms with Gasteiger partial charge in [-0.1, -0.05) is 27.7 Å².